The normalized spacial score (nSPS) is 30.2. The Bertz CT molecular complexity index is 578. The van der Waals surface area contributed by atoms with Gasteiger partial charge in [0.25, 0.3) is 0 Å². The number of rotatable bonds is 4. The van der Waals surface area contributed by atoms with Gasteiger partial charge in [-0.1, -0.05) is 6.07 Å². The molecule has 0 radical (unpaired) electrons. The molecule has 1 saturated carbocycles. The van der Waals surface area contributed by atoms with Gasteiger partial charge >= 0.3 is 0 Å². The fourth-order valence-corrected chi connectivity index (χ4v) is 4.28. The Hall–Kier alpha value is -1.02. The van der Waals surface area contributed by atoms with Crippen LogP contribution in [0.5, 0.6) is 0 Å². The second-order valence-corrected chi connectivity index (χ2v) is 7.50. The zero-order chi connectivity index (χ0) is 14.9. The first-order valence-electron chi connectivity index (χ1n) is 7.14. The van der Waals surface area contributed by atoms with E-state index in [1.807, 2.05) is 12.1 Å². The zero-order valence-corrected chi connectivity index (χ0v) is 12.8. The van der Waals surface area contributed by atoms with Gasteiger partial charge in [-0.3, -0.25) is 4.98 Å². The van der Waals surface area contributed by atoms with Crippen LogP contribution in [0, 0.1) is 0 Å². The van der Waals surface area contributed by atoms with Crippen molar-refractivity contribution in [3.63, 3.8) is 0 Å². The molecule has 21 heavy (non-hydrogen) atoms. The van der Waals surface area contributed by atoms with Gasteiger partial charge in [0.1, 0.15) is 6.10 Å². The third-order valence-corrected chi connectivity index (χ3v) is 5.40. The molecule has 6 nitrogen and oxygen atoms in total. The molecule has 2 fully saturated rings. The van der Waals surface area contributed by atoms with Crippen LogP contribution in [0.2, 0.25) is 0 Å². The van der Waals surface area contributed by atoms with Crippen LogP contribution in [0.4, 0.5) is 0 Å². The fourth-order valence-electron chi connectivity index (χ4n) is 3.16. The van der Waals surface area contributed by atoms with Crippen molar-refractivity contribution in [1.82, 2.24) is 9.29 Å². The topological polar surface area (TPSA) is 68.7 Å². The molecule has 0 N–H and O–H groups in total. The third kappa shape index (κ3) is 3.26. The van der Waals surface area contributed by atoms with Gasteiger partial charge in [0.15, 0.2) is 0 Å². The highest BCUT2D eigenvalue weighted by Gasteiger charge is 2.46. The number of aromatic nitrogens is 1. The number of hydrogen-bond donors (Lipinski definition) is 0. The summed E-state index contributed by atoms with van der Waals surface area (Å²) in [5.74, 6) is 0. The minimum Gasteiger partial charge on any atom is -0.372 e. The van der Waals surface area contributed by atoms with Crippen LogP contribution in [0.25, 0.3) is 0 Å². The van der Waals surface area contributed by atoms with E-state index in [-0.39, 0.29) is 18.2 Å². The SMILES string of the molecule is CS(=O)(=O)N1CCO[C@H]2[C@H](OCc3cccnc3)CC[C@@H]21. The van der Waals surface area contributed by atoms with Gasteiger partial charge in [0.2, 0.25) is 10.0 Å². The van der Waals surface area contributed by atoms with Crippen LogP contribution >= 0.6 is 0 Å². The number of pyridine rings is 1. The molecule has 7 heteroatoms. The van der Waals surface area contributed by atoms with Crippen molar-refractivity contribution in [2.75, 3.05) is 19.4 Å². The minimum atomic E-state index is -3.18. The Morgan fingerprint density at radius 2 is 2.33 bits per heavy atom. The summed E-state index contributed by atoms with van der Waals surface area (Å²) in [7, 11) is -3.18. The predicted molar refractivity (Wildman–Crippen MR) is 77.1 cm³/mol. The molecule has 116 valence electrons. The maximum atomic E-state index is 11.8. The van der Waals surface area contributed by atoms with Crippen LogP contribution in [0.3, 0.4) is 0 Å². The van der Waals surface area contributed by atoms with E-state index in [1.54, 1.807) is 16.7 Å². The molecule has 1 aliphatic carbocycles. The summed E-state index contributed by atoms with van der Waals surface area (Å²) in [4.78, 5) is 4.06. The van der Waals surface area contributed by atoms with E-state index in [2.05, 4.69) is 4.98 Å². The molecule has 1 aromatic rings. The van der Waals surface area contributed by atoms with E-state index in [0.717, 1.165) is 18.4 Å². The number of fused-ring (bicyclic) bond motifs is 1. The number of morpholine rings is 1. The lowest BCUT2D eigenvalue weighted by Gasteiger charge is -2.37. The summed E-state index contributed by atoms with van der Waals surface area (Å²) in [5.41, 5.74) is 1.01. The summed E-state index contributed by atoms with van der Waals surface area (Å²) in [5, 5.41) is 0. The highest BCUT2D eigenvalue weighted by Crippen LogP contribution is 2.33. The second kappa shape index (κ2) is 6.00. The van der Waals surface area contributed by atoms with Crippen LogP contribution in [0.1, 0.15) is 18.4 Å². The number of hydrogen-bond acceptors (Lipinski definition) is 5. The zero-order valence-electron chi connectivity index (χ0n) is 12.0. The first-order chi connectivity index (χ1) is 10.1. The maximum absolute atomic E-state index is 11.8. The number of ether oxygens (including phenoxy) is 2. The van der Waals surface area contributed by atoms with Crippen LogP contribution in [-0.4, -0.2) is 55.4 Å². The van der Waals surface area contributed by atoms with Crippen LogP contribution in [-0.2, 0) is 26.1 Å². The largest absolute Gasteiger partial charge is 0.372 e. The average molecular weight is 312 g/mol. The van der Waals surface area contributed by atoms with Gasteiger partial charge in [-0.2, -0.15) is 4.31 Å². The molecule has 1 aliphatic heterocycles. The second-order valence-electron chi connectivity index (χ2n) is 5.56. The Morgan fingerprint density at radius 1 is 1.48 bits per heavy atom. The predicted octanol–water partition coefficient (Wildman–Crippen LogP) is 0.790. The molecule has 0 unspecified atom stereocenters. The molecule has 2 aliphatic rings. The minimum absolute atomic E-state index is 0.0558. The standard InChI is InChI=1S/C14H20N2O4S/c1-21(17,18)16-7-8-19-14-12(16)4-5-13(14)20-10-11-3-2-6-15-9-11/h2-3,6,9,12-14H,4-5,7-8,10H2,1H3/t12-,13+,14+/m0/s1. The maximum Gasteiger partial charge on any atom is 0.211 e. The van der Waals surface area contributed by atoms with Gasteiger partial charge in [0.05, 0.1) is 31.6 Å². The van der Waals surface area contributed by atoms with Crippen molar-refractivity contribution >= 4 is 10.0 Å². The molecule has 0 aromatic carbocycles. The van der Waals surface area contributed by atoms with Crippen molar-refractivity contribution in [3.8, 4) is 0 Å². The summed E-state index contributed by atoms with van der Waals surface area (Å²) in [6.07, 6.45) is 6.15. The lowest BCUT2D eigenvalue weighted by atomic mass is 10.1. The molecule has 3 atom stereocenters. The summed E-state index contributed by atoms with van der Waals surface area (Å²) < 4.78 is 37.0. The number of nitrogens with zero attached hydrogens (tertiary/aromatic N) is 2. The van der Waals surface area contributed by atoms with E-state index in [9.17, 15) is 8.42 Å². The van der Waals surface area contributed by atoms with E-state index in [0.29, 0.717) is 19.8 Å². The molecule has 1 aromatic heterocycles. The lowest BCUT2D eigenvalue weighted by molar-refractivity contribution is -0.100. The molecule has 0 amide bonds. The summed E-state index contributed by atoms with van der Waals surface area (Å²) >= 11 is 0. The molecule has 1 saturated heterocycles. The van der Waals surface area contributed by atoms with E-state index >= 15 is 0 Å². The van der Waals surface area contributed by atoms with Crippen LogP contribution < -0.4 is 0 Å². The Labute approximate surface area is 125 Å². The van der Waals surface area contributed by atoms with Crippen LogP contribution in [0.15, 0.2) is 24.5 Å². The monoisotopic (exact) mass is 312 g/mol. The van der Waals surface area contributed by atoms with Gasteiger partial charge in [-0.05, 0) is 24.5 Å². The summed E-state index contributed by atoms with van der Waals surface area (Å²) in [6.45, 7) is 1.35. The van der Waals surface area contributed by atoms with Gasteiger partial charge in [0, 0.05) is 18.9 Å². The molecular formula is C14H20N2O4S. The summed E-state index contributed by atoms with van der Waals surface area (Å²) in [6, 6.07) is 3.75. The molecule has 0 bridgehead atoms. The Morgan fingerprint density at radius 3 is 3.05 bits per heavy atom. The van der Waals surface area contributed by atoms with E-state index in [4.69, 9.17) is 9.47 Å². The van der Waals surface area contributed by atoms with Crippen molar-refractivity contribution in [2.24, 2.45) is 0 Å². The molecule has 3 rings (SSSR count). The first kappa shape index (κ1) is 14.9. The third-order valence-electron chi connectivity index (χ3n) is 4.10. The van der Waals surface area contributed by atoms with Gasteiger partial charge < -0.3 is 9.47 Å². The van der Waals surface area contributed by atoms with E-state index in [1.165, 1.54) is 6.26 Å². The molecular weight excluding hydrogens is 292 g/mol. The van der Waals surface area contributed by atoms with Crippen molar-refractivity contribution in [1.29, 1.82) is 0 Å². The van der Waals surface area contributed by atoms with E-state index < -0.39 is 10.0 Å². The fraction of sp³-hybridized carbons (Fsp3) is 0.643. The lowest BCUT2D eigenvalue weighted by Crippen LogP contribution is -2.53. The quantitative estimate of drug-likeness (QED) is 0.822. The number of sulfonamides is 1. The molecule has 0 spiro atoms. The highest BCUT2D eigenvalue weighted by atomic mass is 32.2. The average Bonchev–Trinajstić information content (AvgIpc) is 2.88. The van der Waals surface area contributed by atoms with Crippen molar-refractivity contribution in [2.45, 2.75) is 37.7 Å². The van der Waals surface area contributed by atoms with Gasteiger partial charge in [-0.15, -0.1) is 0 Å². The molecule has 2 heterocycles. The van der Waals surface area contributed by atoms with Crippen molar-refractivity contribution in [3.05, 3.63) is 30.1 Å². The smallest absolute Gasteiger partial charge is 0.211 e. The highest BCUT2D eigenvalue weighted by molar-refractivity contribution is 7.88. The van der Waals surface area contributed by atoms with Crippen molar-refractivity contribution < 1.29 is 17.9 Å². The van der Waals surface area contributed by atoms with Gasteiger partial charge in [-0.25, -0.2) is 8.42 Å². The Kier molecular flexibility index (Phi) is 4.26. The Balaban J connectivity index is 1.64. The first-order valence-corrected chi connectivity index (χ1v) is 8.99.